The van der Waals surface area contributed by atoms with Crippen molar-refractivity contribution in [3.63, 3.8) is 0 Å². The molecule has 0 aliphatic rings. The zero-order chi connectivity index (χ0) is 10.4. The van der Waals surface area contributed by atoms with E-state index in [-0.39, 0.29) is 0 Å². The van der Waals surface area contributed by atoms with Gasteiger partial charge in [-0.3, -0.25) is 4.68 Å². The summed E-state index contributed by atoms with van der Waals surface area (Å²) in [5.74, 6) is 0. The molecule has 0 bridgehead atoms. The number of aromatic nitrogens is 3. The highest BCUT2D eigenvalue weighted by molar-refractivity contribution is 4.91. The number of aryl methyl sites for hydroxylation is 1. The second-order valence-corrected chi connectivity index (χ2v) is 3.32. The van der Waals surface area contributed by atoms with Gasteiger partial charge in [-0.1, -0.05) is 5.21 Å². The third-order valence-corrected chi connectivity index (χ3v) is 1.85. The van der Waals surface area contributed by atoms with Gasteiger partial charge in [0.15, 0.2) is 0 Å². The maximum absolute atomic E-state index is 5.29. The fraction of sp³-hybridized carbons (Fsp3) is 0.778. The molecule has 0 saturated heterocycles. The third kappa shape index (κ3) is 3.85. The van der Waals surface area contributed by atoms with E-state index in [4.69, 9.17) is 4.74 Å². The van der Waals surface area contributed by atoms with Gasteiger partial charge in [0.1, 0.15) is 0 Å². The highest BCUT2D eigenvalue weighted by atomic mass is 16.5. The average molecular weight is 198 g/mol. The van der Waals surface area contributed by atoms with Gasteiger partial charge in [0.25, 0.3) is 0 Å². The Kier molecular flexibility index (Phi) is 4.55. The van der Waals surface area contributed by atoms with Crippen molar-refractivity contribution in [3.05, 3.63) is 11.9 Å². The first kappa shape index (κ1) is 11.1. The minimum Gasteiger partial charge on any atom is -0.380 e. The van der Waals surface area contributed by atoms with Crippen molar-refractivity contribution >= 4 is 0 Å². The maximum atomic E-state index is 5.29. The molecule has 1 heterocycles. The predicted octanol–water partition coefficient (Wildman–Crippen LogP) is 0.330. The zero-order valence-corrected chi connectivity index (χ0v) is 9.03. The SMILES string of the molecule is CCOCC(C)NCc1cn(C)nn1. The first-order chi connectivity index (χ1) is 6.72. The fourth-order valence-corrected chi connectivity index (χ4v) is 1.11. The van der Waals surface area contributed by atoms with Crippen LogP contribution in [-0.2, 0) is 18.3 Å². The van der Waals surface area contributed by atoms with Crippen LogP contribution in [0.4, 0.5) is 0 Å². The van der Waals surface area contributed by atoms with Crippen molar-refractivity contribution in [1.29, 1.82) is 0 Å². The van der Waals surface area contributed by atoms with Gasteiger partial charge in [-0.15, -0.1) is 5.10 Å². The van der Waals surface area contributed by atoms with E-state index < -0.39 is 0 Å². The number of nitrogens with one attached hydrogen (secondary N) is 1. The van der Waals surface area contributed by atoms with E-state index in [0.717, 1.165) is 25.5 Å². The largest absolute Gasteiger partial charge is 0.380 e. The van der Waals surface area contributed by atoms with Crippen LogP contribution in [0.2, 0.25) is 0 Å². The summed E-state index contributed by atoms with van der Waals surface area (Å²) < 4.78 is 6.98. The lowest BCUT2D eigenvalue weighted by Gasteiger charge is -2.11. The van der Waals surface area contributed by atoms with E-state index in [1.165, 1.54) is 0 Å². The summed E-state index contributed by atoms with van der Waals surface area (Å²) in [5, 5.41) is 11.1. The lowest BCUT2D eigenvalue weighted by Crippen LogP contribution is -2.30. The summed E-state index contributed by atoms with van der Waals surface area (Å²) >= 11 is 0. The van der Waals surface area contributed by atoms with Gasteiger partial charge in [-0.2, -0.15) is 0 Å². The summed E-state index contributed by atoms with van der Waals surface area (Å²) in [5.41, 5.74) is 0.954. The Morgan fingerprint density at radius 1 is 1.64 bits per heavy atom. The number of hydrogen-bond acceptors (Lipinski definition) is 4. The molecule has 0 aliphatic carbocycles. The van der Waals surface area contributed by atoms with Gasteiger partial charge in [0, 0.05) is 32.4 Å². The van der Waals surface area contributed by atoms with Gasteiger partial charge >= 0.3 is 0 Å². The molecule has 14 heavy (non-hydrogen) atoms. The molecule has 0 saturated carbocycles. The minimum atomic E-state index is 0.344. The highest BCUT2D eigenvalue weighted by Crippen LogP contribution is 1.92. The Morgan fingerprint density at radius 3 is 3.00 bits per heavy atom. The maximum Gasteiger partial charge on any atom is 0.0964 e. The van der Waals surface area contributed by atoms with E-state index in [9.17, 15) is 0 Å². The van der Waals surface area contributed by atoms with Crippen LogP contribution in [0.5, 0.6) is 0 Å². The number of nitrogens with zero attached hydrogens (tertiary/aromatic N) is 3. The van der Waals surface area contributed by atoms with E-state index >= 15 is 0 Å². The topological polar surface area (TPSA) is 52.0 Å². The Balaban J connectivity index is 2.20. The van der Waals surface area contributed by atoms with Gasteiger partial charge in [-0.05, 0) is 13.8 Å². The van der Waals surface area contributed by atoms with Crippen molar-refractivity contribution in [2.24, 2.45) is 7.05 Å². The molecule has 5 heteroatoms. The summed E-state index contributed by atoms with van der Waals surface area (Å²) in [4.78, 5) is 0. The molecular formula is C9H18N4O. The Bertz CT molecular complexity index is 261. The van der Waals surface area contributed by atoms with E-state index in [1.54, 1.807) is 4.68 Å². The molecule has 1 unspecified atom stereocenters. The highest BCUT2D eigenvalue weighted by Gasteiger charge is 2.02. The van der Waals surface area contributed by atoms with E-state index in [0.29, 0.717) is 6.04 Å². The van der Waals surface area contributed by atoms with Gasteiger partial charge in [-0.25, -0.2) is 0 Å². The summed E-state index contributed by atoms with van der Waals surface area (Å²) in [6.07, 6.45) is 1.90. The van der Waals surface area contributed by atoms with Crippen molar-refractivity contribution in [2.75, 3.05) is 13.2 Å². The van der Waals surface area contributed by atoms with Crippen LogP contribution >= 0.6 is 0 Å². The Hall–Kier alpha value is -0.940. The van der Waals surface area contributed by atoms with Gasteiger partial charge < -0.3 is 10.1 Å². The molecule has 0 fully saturated rings. The molecule has 80 valence electrons. The van der Waals surface area contributed by atoms with Crippen LogP contribution in [-0.4, -0.2) is 34.2 Å². The molecule has 1 rings (SSSR count). The molecule has 1 atom stereocenters. The quantitative estimate of drug-likeness (QED) is 0.715. The molecule has 0 aromatic carbocycles. The van der Waals surface area contributed by atoms with E-state index in [2.05, 4.69) is 22.6 Å². The molecule has 1 aromatic rings. The van der Waals surface area contributed by atoms with Crippen LogP contribution in [0.1, 0.15) is 19.5 Å². The van der Waals surface area contributed by atoms with E-state index in [1.807, 2.05) is 20.2 Å². The summed E-state index contributed by atoms with van der Waals surface area (Å²) in [7, 11) is 1.86. The fourth-order valence-electron chi connectivity index (χ4n) is 1.11. The van der Waals surface area contributed by atoms with Crippen molar-refractivity contribution in [1.82, 2.24) is 20.3 Å². The van der Waals surface area contributed by atoms with Gasteiger partial charge in [0.05, 0.1) is 12.3 Å². The Morgan fingerprint density at radius 2 is 2.43 bits per heavy atom. The second kappa shape index (κ2) is 5.72. The minimum absolute atomic E-state index is 0.344. The normalized spacial score (nSPS) is 13.1. The monoisotopic (exact) mass is 198 g/mol. The third-order valence-electron chi connectivity index (χ3n) is 1.85. The predicted molar refractivity (Wildman–Crippen MR) is 53.8 cm³/mol. The van der Waals surface area contributed by atoms with Gasteiger partial charge in [0.2, 0.25) is 0 Å². The summed E-state index contributed by atoms with van der Waals surface area (Å²) in [6, 6.07) is 0.344. The van der Waals surface area contributed by atoms with Crippen LogP contribution in [0.3, 0.4) is 0 Å². The van der Waals surface area contributed by atoms with Crippen LogP contribution < -0.4 is 5.32 Å². The number of hydrogen-bond donors (Lipinski definition) is 1. The molecule has 1 aromatic heterocycles. The summed E-state index contributed by atoms with van der Waals surface area (Å²) in [6.45, 7) is 6.32. The van der Waals surface area contributed by atoms with Crippen molar-refractivity contribution in [2.45, 2.75) is 26.4 Å². The smallest absolute Gasteiger partial charge is 0.0964 e. The zero-order valence-electron chi connectivity index (χ0n) is 9.03. The second-order valence-electron chi connectivity index (χ2n) is 3.32. The standard InChI is InChI=1S/C9H18N4O/c1-4-14-7-8(2)10-5-9-6-13(3)12-11-9/h6,8,10H,4-5,7H2,1-3H3. The first-order valence-corrected chi connectivity index (χ1v) is 4.88. The molecule has 1 N–H and O–H groups in total. The first-order valence-electron chi connectivity index (χ1n) is 4.88. The lowest BCUT2D eigenvalue weighted by atomic mass is 10.3. The molecule has 0 spiro atoms. The van der Waals surface area contributed by atoms with Crippen molar-refractivity contribution in [3.8, 4) is 0 Å². The average Bonchev–Trinajstić information content (AvgIpc) is 2.58. The molecule has 0 aliphatic heterocycles. The molecule has 5 nitrogen and oxygen atoms in total. The lowest BCUT2D eigenvalue weighted by molar-refractivity contribution is 0.127. The number of rotatable bonds is 6. The number of ether oxygens (including phenoxy) is 1. The Labute approximate surface area is 84.4 Å². The molecule has 0 radical (unpaired) electrons. The molecular weight excluding hydrogens is 180 g/mol. The van der Waals surface area contributed by atoms with Crippen molar-refractivity contribution < 1.29 is 4.74 Å². The van der Waals surface area contributed by atoms with Crippen LogP contribution in [0.15, 0.2) is 6.20 Å². The molecule has 0 amide bonds. The van der Waals surface area contributed by atoms with Crippen LogP contribution in [0, 0.1) is 0 Å². The van der Waals surface area contributed by atoms with Crippen LogP contribution in [0.25, 0.3) is 0 Å².